The number of hydrogen-bond acceptors (Lipinski definition) is 6. The van der Waals surface area contributed by atoms with Crippen molar-refractivity contribution in [2.75, 3.05) is 19.6 Å². The standard InChI is InChI=1S/C19H26ClN5O3/c1-19(2,3)28-18(27)21-14-6-8-24(9-7-14)10-11-25-16-12-13(20)4-5-15(16)22-23-17(25)26/h4-5,12,14H,6-11H2,1-3H3,(H,21,27). The van der Waals surface area contributed by atoms with E-state index < -0.39 is 5.60 Å². The van der Waals surface area contributed by atoms with Crippen LogP contribution in [0.1, 0.15) is 33.6 Å². The summed E-state index contributed by atoms with van der Waals surface area (Å²) in [5, 5.41) is 11.1. The van der Waals surface area contributed by atoms with E-state index in [4.69, 9.17) is 16.3 Å². The number of amides is 1. The van der Waals surface area contributed by atoms with Gasteiger partial charge in [0.25, 0.3) is 0 Å². The summed E-state index contributed by atoms with van der Waals surface area (Å²) < 4.78 is 6.92. The minimum absolute atomic E-state index is 0.107. The minimum Gasteiger partial charge on any atom is -0.444 e. The second-order valence-electron chi connectivity index (χ2n) is 8.03. The Morgan fingerprint density at radius 1 is 1.25 bits per heavy atom. The van der Waals surface area contributed by atoms with E-state index in [2.05, 4.69) is 20.4 Å². The van der Waals surface area contributed by atoms with Crippen LogP contribution >= 0.6 is 11.6 Å². The predicted octanol–water partition coefficient (Wildman–Crippen LogP) is 2.43. The topological polar surface area (TPSA) is 89.4 Å². The van der Waals surface area contributed by atoms with Gasteiger partial charge in [-0.15, -0.1) is 5.10 Å². The fraction of sp³-hybridized carbons (Fsp3) is 0.579. The molecule has 1 N–H and O–H groups in total. The van der Waals surface area contributed by atoms with Gasteiger partial charge in [0, 0.05) is 37.2 Å². The summed E-state index contributed by atoms with van der Waals surface area (Å²) in [6.07, 6.45) is 1.31. The molecule has 3 rings (SSSR count). The van der Waals surface area contributed by atoms with Crippen LogP contribution in [-0.2, 0) is 11.3 Å². The van der Waals surface area contributed by atoms with Crippen LogP contribution in [0.15, 0.2) is 23.0 Å². The van der Waals surface area contributed by atoms with Gasteiger partial charge in [-0.3, -0.25) is 4.57 Å². The van der Waals surface area contributed by atoms with E-state index in [1.165, 1.54) is 0 Å². The third-order valence-electron chi connectivity index (χ3n) is 4.65. The van der Waals surface area contributed by atoms with Gasteiger partial charge in [0.15, 0.2) is 0 Å². The molecule has 1 amide bonds. The monoisotopic (exact) mass is 407 g/mol. The van der Waals surface area contributed by atoms with Crippen molar-refractivity contribution in [3.05, 3.63) is 33.7 Å². The Balaban J connectivity index is 1.54. The number of benzene rings is 1. The number of alkyl carbamates (subject to hydrolysis) is 1. The lowest BCUT2D eigenvalue weighted by Gasteiger charge is -2.32. The van der Waals surface area contributed by atoms with Crippen molar-refractivity contribution in [1.29, 1.82) is 0 Å². The first-order valence-electron chi connectivity index (χ1n) is 9.46. The average molecular weight is 408 g/mol. The molecule has 8 nitrogen and oxygen atoms in total. The van der Waals surface area contributed by atoms with Crippen molar-refractivity contribution in [3.8, 4) is 0 Å². The molecule has 2 heterocycles. The molecule has 0 spiro atoms. The first-order chi connectivity index (χ1) is 13.2. The molecule has 0 radical (unpaired) electrons. The molecule has 152 valence electrons. The van der Waals surface area contributed by atoms with E-state index in [9.17, 15) is 9.59 Å². The maximum absolute atomic E-state index is 12.2. The fourth-order valence-corrected chi connectivity index (χ4v) is 3.45. The van der Waals surface area contributed by atoms with Gasteiger partial charge in [0.1, 0.15) is 11.1 Å². The van der Waals surface area contributed by atoms with E-state index in [0.717, 1.165) is 25.9 Å². The van der Waals surface area contributed by atoms with Crippen LogP contribution in [0.25, 0.3) is 11.0 Å². The molecule has 1 aliphatic heterocycles. The van der Waals surface area contributed by atoms with Crippen LogP contribution in [0.3, 0.4) is 0 Å². The lowest BCUT2D eigenvalue weighted by atomic mass is 10.1. The third kappa shape index (κ3) is 5.42. The van der Waals surface area contributed by atoms with Crippen LogP contribution in [0.4, 0.5) is 4.79 Å². The Kier molecular flexibility index (Phi) is 6.20. The van der Waals surface area contributed by atoms with Crippen molar-refractivity contribution in [2.24, 2.45) is 0 Å². The van der Waals surface area contributed by atoms with Gasteiger partial charge in [-0.1, -0.05) is 16.7 Å². The summed E-state index contributed by atoms with van der Waals surface area (Å²) in [7, 11) is 0. The number of piperidine rings is 1. The van der Waals surface area contributed by atoms with Gasteiger partial charge in [-0.25, -0.2) is 9.59 Å². The normalized spacial score (nSPS) is 16.3. The highest BCUT2D eigenvalue weighted by Gasteiger charge is 2.23. The number of nitrogens with zero attached hydrogens (tertiary/aromatic N) is 4. The number of likely N-dealkylation sites (tertiary alicyclic amines) is 1. The number of ether oxygens (including phenoxy) is 1. The second-order valence-corrected chi connectivity index (χ2v) is 8.47. The van der Waals surface area contributed by atoms with E-state index in [0.29, 0.717) is 29.1 Å². The van der Waals surface area contributed by atoms with Gasteiger partial charge in [0.05, 0.1) is 5.52 Å². The van der Waals surface area contributed by atoms with Gasteiger partial charge in [0.2, 0.25) is 0 Å². The largest absolute Gasteiger partial charge is 0.444 e. The highest BCUT2D eigenvalue weighted by atomic mass is 35.5. The molecule has 0 aliphatic carbocycles. The summed E-state index contributed by atoms with van der Waals surface area (Å²) in [6.45, 7) is 8.45. The smallest absolute Gasteiger partial charge is 0.407 e. The summed E-state index contributed by atoms with van der Waals surface area (Å²) in [5.74, 6) is 0. The highest BCUT2D eigenvalue weighted by molar-refractivity contribution is 6.31. The zero-order valence-corrected chi connectivity index (χ0v) is 17.2. The molecule has 1 fully saturated rings. The van der Waals surface area contributed by atoms with Crippen LogP contribution in [0.5, 0.6) is 0 Å². The molecule has 1 aromatic heterocycles. The summed E-state index contributed by atoms with van der Waals surface area (Å²) in [4.78, 5) is 26.3. The van der Waals surface area contributed by atoms with Crippen LogP contribution in [0.2, 0.25) is 5.02 Å². The van der Waals surface area contributed by atoms with Gasteiger partial charge < -0.3 is 15.0 Å². The van der Waals surface area contributed by atoms with E-state index in [1.54, 1.807) is 22.8 Å². The maximum atomic E-state index is 12.2. The average Bonchev–Trinajstić information content (AvgIpc) is 2.60. The number of carbonyl (C=O) groups excluding carboxylic acids is 1. The van der Waals surface area contributed by atoms with Crippen molar-refractivity contribution in [3.63, 3.8) is 0 Å². The van der Waals surface area contributed by atoms with E-state index >= 15 is 0 Å². The molecule has 28 heavy (non-hydrogen) atoms. The molecule has 0 atom stereocenters. The number of nitrogens with one attached hydrogen (secondary N) is 1. The van der Waals surface area contributed by atoms with Crippen LogP contribution < -0.4 is 11.0 Å². The molecule has 1 aromatic carbocycles. The Morgan fingerprint density at radius 3 is 2.64 bits per heavy atom. The Morgan fingerprint density at radius 2 is 1.96 bits per heavy atom. The quantitative estimate of drug-likeness (QED) is 0.837. The fourth-order valence-electron chi connectivity index (χ4n) is 3.28. The molecular weight excluding hydrogens is 382 g/mol. The van der Waals surface area contributed by atoms with Crippen LogP contribution in [-0.4, -0.2) is 57.0 Å². The molecule has 1 aliphatic rings. The minimum atomic E-state index is -0.498. The molecule has 2 aromatic rings. The highest BCUT2D eigenvalue weighted by Crippen LogP contribution is 2.16. The molecule has 9 heteroatoms. The number of fused-ring (bicyclic) bond motifs is 1. The SMILES string of the molecule is CC(C)(C)OC(=O)NC1CCN(CCn2c(=O)nnc3ccc(Cl)cc32)CC1. The number of carbonyl (C=O) groups is 1. The Bertz CT molecular complexity index is 901. The molecule has 0 saturated carbocycles. The number of halogens is 1. The lowest BCUT2D eigenvalue weighted by Crippen LogP contribution is -2.46. The third-order valence-corrected chi connectivity index (χ3v) is 4.89. The molecule has 0 bridgehead atoms. The zero-order chi connectivity index (χ0) is 20.3. The first-order valence-corrected chi connectivity index (χ1v) is 9.84. The van der Waals surface area contributed by atoms with Gasteiger partial charge in [-0.2, -0.15) is 0 Å². The summed E-state index contributed by atoms with van der Waals surface area (Å²) in [6, 6.07) is 5.34. The number of aromatic nitrogens is 3. The lowest BCUT2D eigenvalue weighted by molar-refractivity contribution is 0.0478. The van der Waals surface area contributed by atoms with Gasteiger partial charge in [-0.05, 0) is 51.8 Å². The van der Waals surface area contributed by atoms with Crippen molar-refractivity contribution < 1.29 is 9.53 Å². The second kappa shape index (κ2) is 8.45. The number of hydrogen-bond donors (Lipinski definition) is 1. The summed E-state index contributed by atoms with van der Waals surface area (Å²) >= 11 is 6.07. The first kappa shape index (κ1) is 20.5. The Labute approximate surface area is 168 Å². The van der Waals surface area contributed by atoms with E-state index in [1.807, 2.05) is 20.8 Å². The van der Waals surface area contributed by atoms with Gasteiger partial charge >= 0.3 is 11.8 Å². The number of rotatable bonds is 4. The van der Waals surface area contributed by atoms with Crippen molar-refractivity contribution in [1.82, 2.24) is 25.0 Å². The molecule has 1 saturated heterocycles. The van der Waals surface area contributed by atoms with Crippen molar-refractivity contribution in [2.45, 2.75) is 51.8 Å². The maximum Gasteiger partial charge on any atom is 0.407 e. The molecular formula is C19H26ClN5O3. The zero-order valence-electron chi connectivity index (χ0n) is 16.4. The summed E-state index contributed by atoms with van der Waals surface area (Å²) in [5.41, 5.74) is 0.456. The Hall–Kier alpha value is -2.19. The molecule has 0 unspecified atom stereocenters. The van der Waals surface area contributed by atoms with Crippen molar-refractivity contribution >= 4 is 28.7 Å². The van der Waals surface area contributed by atoms with E-state index in [-0.39, 0.29) is 17.8 Å². The van der Waals surface area contributed by atoms with Crippen LogP contribution in [0, 0.1) is 0 Å². The predicted molar refractivity (Wildman–Crippen MR) is 108 cm³/mol.